The van der Waals surface area contributed by atoms with Crippen LogP contribution in [0.5, 0.6) is 0 Å². The first-order chi connectivity index (χ1) is 8.36. The van der Waals surface area contributed by atoms with Gasteiger partial charge in [-0.05, 0) is 25.0 Å². The molecule has 0 N–H and O–H groups in total. The highest BCUT2D eigenvalue weighted by Gasteiger charge is 2.26. The summed E-state index contributed by atoms with van der Waals surface area (Å²) in [5, 5.41) is 12.0. The topological polar surface area (TPSA) is 49.8 Å². The molecule has 0 saturated heterocycles. The molecule has 2 heterocycles. The summed E-state index contributed by atoms with van der Waals surface area (Å²) in [7, 11) is 0. The smallest absolute Gasteiger partial charge is 0.134 e. The molecule has 2 aromatic heterocycles. The normalized spacial score (nSPS) is 15.8. The number of nitrogens with zero attached hydrogens (tertiary/aromatic N) is 2. The van der Waals surface area contributed by atoms with E-state index in [0.29, 0.717) is 11.5 Å². The molecule has 0 radical (unpaired) electrons. The molecular weight excluding hydrogens is 232 g/mol. The minimum atomic E-state index is 0.600. The predicted octanol–water partition coefficient (Wildman–Crippen LogP) is 3.68. The van der Waals surface area contributed by atoms with Crippen molar-refractivity contribution in [2.45, 2.75) is 18.8 Å². The van der Waals surface area contributed by atoms with E-state index in [1.165, 1.54) is 24.2 Å². The molecule has 4 heteroatoms. The van der Waals surface area contributed by atoms with E-state index in [2.05, 4.69) is 16.4 Å². The van der Waals surface area contributed by atoms with Crippen LogP contribution in [0, 0.1) is 11.3 Å². The zero-order chi connectivity index (χ0) is 11.7. The maximum absolute atomic E-state index is 9.16. The maximum atomic E-state index is 9.16. The number of furan rings is 1. The minimum absolute atomic E-state index is 0.600. The maximum Gasteiger partial charge on any atom is 0.134 e. The Kier molecular flexibility index (Phi) is 2.54. The van der Waals surface area contributed by atoms with Crippen molar-refractivity contribution in [1.82, 2.24) is 4.98 Å². The van der Waals surface area contributed by atoms with Gasteiger partial charge in [-0.1, -0.05) is 0 Å². The molecule has 0 aromatic carbocycles. The summed E-state index contributed by atoms with van der Waals surface area (Å²) in [5.41, 5.74) is 2.63. The summed E-state index contributed by atoms with van der Waals surface area (Å²) in [6, 6.07) is 4.02. The SMILES string of the molecule is N#C/C(=C\c1ccoc1)c1nc(C2CC2)cs1. The summed E-state index contributed by atoms with van der Waals surface area (Å²) < 4.78 is 4.98. The van der Waals surface area contributed by atoms with Crippen molar-refractivity contribution in [1.29, 1.82) is 5.26 Å². The lowest BCUT2D eigenvalue weighted by Gasteiger charge is -1.91. The predicted molar refractivity (Wildman–Crippen MR) is 66.3 cm³/mol. The van der Waals surface area contributed by atoms with Crippen molar-refractivity contribution in [2.75, 3.05) is 0 Å². The van der Waals surface area contributed by atoms with E-state index in [1.54, 1.807) is 18.6 Å². The zero-order valence-electron chi connectivity index (χ0n) is 9.09. The van der Waals surface area contributed by atoms with E-state index >= 15 is 0 Å². The molecule has 0 aliphatic heterocycles. The number of hydrogen-bond acceptors (Lipinski definition) is 4. The van der Waals surface area contributed by atoms with Gasteiger partial charge < -0.3 is 4.42 Å². The number of rotatable bonds is 3. The van der Waals surface area contributed by atoms with E-state index in [0.717, 1.165) is 16.3 Å². The first kappa shape index (κ1) is 10.3. The van der Waals surface area contributed by atoms with Crippen molar-refractivity contribution < 1.29 is 4.42 Å². The Bertz CT molecular complexity index is 585. The van der Waals surface area contributed by atoms with Crippen molar-refractivity contribution in [2.24, 2.45) is 0 Å². The van der Waals surface area contributed by atoms with E-state index < -0.39 is 0 Å². The lowest BCUT2D eigenvalue weighted by atomic mass is 10.2. The highest BCUT2D eigenvalue weighted by molar-refractivity contribution is 7.11. The molecule has 0 spiro atoms. The fraction of sp³-hybridized carbons (Fsp3) is 0.231. The average Bonchev–Trinajstić information content (AvgIpc) is 2.89. The van der Waals surface area contributed by atoms with Crippen molar-refractivity contribution >= 4 is 23.0 Å². The third kappa shape index (κ3) is 2.15. The van der Waals surface area contributed by atoms with Crippen molar-refractivity contribution in [3.8, 4) is 6.07 Å². The summed E-state index contributed by atoms with van der Waals surface area (Å²) in [6.45, 7) is 0. The van der Waals surface area contributed by atoms with E-state index in [1.807, 2.05) is 6.07 Å². The number of hydrogen-bond donors (Lipinski definition) is 0. The Morgan fingerprint density at radius 2 is 2.47 bits per heavy atom. The largest absolute Gasteiger partial charge is 0.472 e. The molecular formula is C13H10N2OS. The number of aromatic nitrogens is 1. The summed E-state index contributed by atoms with van der Waals surface area (Å²) >= 11 is 1.54. The minimum Gasteiger partial charge on any atom is -0.472 e. The van der Waals surface area contributed by atoms with Crippen LogP contribution in [-0.2, 0) is 0 Å². The molecule has 1 fully saturated rings. The summed E-state index contributed by atoms with van der Waals surface area (Å²) in [6.07, 6.45) is 7.48. The molecule has 0 unspecified atom stereocenters. The van der Waals surface area contributed by atoms with Crippen LogP contribution in [0.15, 0.2) is 28.4 Å². The van der Waals surface area contributed by atoms with Gasteiger partial charge in [-0.25, -0.2) is 4.98 Å². The van der Waals surface area contributed by atoms with Gasteiger partial charge >= 0.3 is 0 Å². The van der Waals surface area contributed by atoms with E-state index in [4.69, 9.17) is 9.68 Å². The quantitative estimate of drug-likeness (QED) is 0.771. The Morgan fingerprint density at radius 3 is 3.12 bits per heavy atom. The molecule has 1 aliphatic carbocycles. The van der Waals surface area contributed by atoms with Crippen LogP contribution in [-0.4, -0.2) is 4.98 Å². The molecule has 3 rings (SSSR count). The van der Waals surface area contributed by atoms with Gasteiger partial charge in [0.05, 0.1) is 23.8 Å². The summed E-state index contributed by atoms with van der Waals surface area (Å²) in [5.74, 6) is 0.633. The van der Waals surface area contributed by atoms with Crippen LogP contribution < -0.4 is 0 Å². The fourth-order valence-electron chi connectivity index (χ4n) is 1.64. The fourth-order valence-corrected chi connectivity index (χ4v) is 2.51. The second-order valence-corrected chi connectivity index (χ2v) is 4.94. The number of nitriles is 1. The van der Waals surface area contributed by atoms with Crippen LogP contribution in [0.4, 0.5) is 0 Å². The van der Waals surface area contributed by atoms with Gasteiger partial charge in [-0.2, -0.15) is 5.26 Å². The number of thiazole rings is 1. The molecule has 0 atom stereocenters. The van der Waals surface area contributed by atoms with E-state index in [-0.39, 0.29) is 0 Å². The molecule has 0 amide bonds. The summed E-state index contributed by atoms with van der Waals surface area (Å²) in [4.78, 5) is 4.52. The van der Waals surface area contributed by atoms with Crippen LogP contribution in [0.3, 0.4) is 0 Å². The standard InChI is InChI=1S/C13H10N2OS/c14-6-11(5-9-3-4-16-7-9)13-15-12(8-17-13)10-1-2-10/h3-5,7-8,10H,1-2H2/b11-5+. The Labute approximate surface area is 103 Å². The molecule has 3 nitrogen and oxygen atoms in total. The van der Waals surface area contributed by atoms with E-state index in [9.17, 15) is 0 Å². The second kappa shape index (κ2) is 4.19. The van der Waals surface area contributed by atoms with Crippen LogP contribution in [0.2, 0.25) is 0 Å². The molecule has 2 aromatic rings. The van der Waals surface area contributed by atoms with Gasteiger partial charge in [-0.15, -0.1) is 11.3 Å². The third-order valence-corrected chi connectivity index (χ3v) is 3.62. The van der Waals surface area contributed by atoms with Gasteiger partial charge in [0, 0.05) is 16.9 Å². The lowest BCUT2D eigenvalue weighted by Crippen LogP contribution is -1.83. The first-order valence-corrected chi connectivity index (χ1v) is 6.34. The molecule has 1 saturated carbocycles. The Balaban J connectivity index is 1.91. The monoisotopic (exact) mass is 242 g/mol. The zero-order valence-corrected chi connectivity index (χ0v) is 9.91. The van der Waals surface area contributed by atoms with Crippen molar-refractivity contribution in [3.63, 3.8) is 0 Å². The van der Waals surface area contributed by atoms with Gasteiger partial charge in [0.1, 0.15) is 11.1 Å². The Morgan fingerprint density at radius 1 is 1.59 bits per heavy atom. The van der Waals surface area contributed by atoms with Gasteiger partial charge in [0.15, 0.2) is 0 Å². The van der Waals surface area contributed by atoms with Gasteiger partial charge in [0.25, 0.3) is 0 Å². The van der Waals surface area contributed by atoms with Gasteiger partial charge in [0.2, 0.25) is 0 Å². The molecule has 17 heavy (non-hydrogen) atoms. The molecule has 0 bridgehead atoms. The average molecular weight is 242 g/mol. The highest BCUT2D eigenvalue weighted by atomic mass is 32.1. The third-order valence-electron chi connectivity index (χ3n) is 2.72. The highest BCUT2D eigenvalue weighted by Crippen LogP contribution is 2.40. The van der Waals surface area contributed by atoms with Crippen LogP contribution in [0.25, 0.3) is 11.6 Å². The van der Waals surface area contributed by atoms with Gasteiger partial charge in [-0.3, -0.25) is 0 Å². The number of allylic oxidation sites excluding steroid dienone is 1. The first-order valence-electron chi connectivity index (χ1n) is 5.46. The van der Waals surface area contributed by atoms with Crippen molar-refractivity contribution in [3.05, 3.63) is 40.2 Å². The Hall–Kier alpha value is -1.86. The van der Waals surface area contributed by atoms with Crippen LogP contribution in [0.1, 0.15) is 35.0 Å². The van der Waals surface area contributed by atoms with Crippen LogP contribution >= 0.6 is 11.3 Å². The second-order valence-electron chi connectivity index (χ2n) is 4.08. The molecule has 1 aliphatic rings. The lowest BCUT2D eigenvalue weighted by molar-refractivity contribution is 0.567. The molecule has 84 valence electrons.